The van der Waals surface area contributed by atoms with Crippen molar-refractivity contribution in [3.05, 3.63) is 46.0 Å². The van der Waals surface area contributed by atoms with Crippen LogP contribution in [0.4, 0.5) is 4.39 Å². The highest BCUT2D eigenvalue weighted by molar-refractivity contribution is 5.97. The molecule has 0 unspecified atom stereocenters. The van der Waals surface area contributed by atoms with Crippen molar-refractivity contribution < 1.29 is 19.0 Å². The molecule has 0 aliphatic carbocycles. The van der Waals surface area contributed by atoms with Gasteiger partial charge in [-0.1, -0.05) is 0 Å². The number of rotatable bonds is 3. The third kappa shape index (κ3) is 2.85. The number of nitrogens with zero attached hydrogens (tertiary/aromatic N) is 1. The van der Waals surface area contributed by atoms with Gasteiger partial charge < -0.3 is 19.7 Å². The topological polar surface area (TPSA) is 82.6 Å². The number of pyridine rings is 1. The number of likely N-dealkylation sites (tertiary alicyclic amines) is 1. The van der Waals surface area contributed by atoms with Crippen molar-refractivity contribution in [2.75, 3.05) is 19.7 Å². The molecule has 0 saturated carbocycles. The highest BCUT2D eigenvalue weighted by Crippen LogP contribution is 2.17. The fourth-order valence-electron chi connectivity index (χ4n) is 2.82. The van der Waals surface area contributed by atoms with Crippen LogP contribution in [-0.4, -0.2) is 52.8 Å². The Hall–Kier alpha value is -2.25. The monoisotopic (exact) mass is 320 g/mol. The number of halogens is 1. The van der Waals surface area contributed by atoms with Gasteiger partial charge in [-0.25, -0.2) is 4.39 Å². The molecule has 0 spiro atoms. The summed E-state index contributed by atoms with van der Waals surface area (Å²) in [7, 11) is 0. The van der Waals surface area contributed by atoms with Crippen molar-refractivity contribution in [3.63, 3.8) is 0 Å². The quantitative estimate of drug-likeness (QED) is 0.880. The van der Waals surface area contributed by atoms with Gasteiger partial charge in [-0.15, -0.1) is 0 Å². The lowest BCUT2D eigenvalue weighted by molar-refractivity contribution is -0.00237. The molecule has 2 N–H and O–H groups in total. The number of carbonyl (C=O) groups excluding carboxylic acids is 1. The molecule has 2 heterocycles. The third-order valence-corrected chi connectivity index (χ3v) is 3.98. The molecule has 6 nitrogen and oxygen atoms in total. The first-order valence-electron chi connectivity index (χ1n) is 7.41. The fourth-order valence-corrected chi connectivity index (χ4v) is 2.82. The zero-order valence-corrected chi connectivity index (χ0v) is 12.6. The predicted octanol–water partition coefficient (Wildman–Crippen LogP) is 0.889. The first-order valence-corrected chi connectivity index (χ1v) is 7.41. The smallest absolute Gasteiger partial charge is 0.259 e. The van der Waals surface area contributed by atoms with Gasteiger partial charge in [0.05, 0.1) is 6.10 Å². The number of hydrogen-bond acceptors (Lipinski definition) is 4. The van der Waals surface area contributed by atoms with E-state index >= 15 is 0 Å². The van der Waals surface area contributed by atoms with E-state index in [-0.39, 0.29) is 24.0 Å². The highest BCUT2D eigenvalue weighted by Gasteiger charge is 2.35. The molecule has 1 fully saturated rings. The van der Waals surface area contributed by atoms with E-state index < -0.39 is 29.4 Å². The maximum atomic E-state index is 13.3. The maximum absolute atomic E-state index is 13.3. The number of benzene rings is 1. The third-order valence-electron chi connectivity index (χ3n) is 3.98. The van der Waals surface area contributed by atoms with Gasteiger partial charge in [0.15, 0.2) is 0 Å². The average Bonchev–Trinajstić information content (AvgIpc) is 2.89. The number of nitrogens with one attached hydrogen (secondary N) is 1. The van der Waals surface area contributed by atoms with Gasteiger partial charge in [-0.05, 0) is 25.1 Å². The number of ether oxygens (including phenoxy) is 1. The van der Waals surface area contributed by atoms with Crippen molar-refractivity contribution in [3.8, 4) is 0 Å². The summed E-state index contributed by atoms with van der Waals surface area (Å²) in [6.45, 7) is 2.55. The average molecular weight is 320 g/mol. The molecular weight excluding hydrogens is 303 g/mol. The zero-order chi connectivity index (χ0) is 16.6. The molecule has 1 aliphatic heterocycles. The van der Waals surface area contributed by atoms with Crippen molar-refractivity contribution in [1.82, 2.24) is 9.88 Å². The lowest BCUT2D eigenvalue weighted by Gasteiger charge is -2.16. The maximum Gasteiger partial charge on any atom is 0.259 e. The summed E-state index contributed by atoms with van der Waals surface area (Å²) in [6.07, 6.45) is 0.0856. The van der Waals surface area contributed by atoms with E-state index in [2.05, 4.69) is 4.98 Å². The molecule has 1 amide bonds. The van der Waals surface area contributed by atoms with Gasteiger partial charge in [0, 0.05) is 36.8 Å². The first kappa shape index (κ1) is 15.6. The second-order valence-electron chi connectivity index (χ2n) is 5.49. The van der Waals surface area contributed by atoms with E-state index in [4.69, 9.17) is 4.74 Å². The van der Waals surface area contributed by atoms with E-state index in [1.807, 2.05) is 0 Å². The van der Waals surface area contributed by atoms with E-state index in [0.29, 0.717) is 12.1 Å². The molecule has 1 aliphatic rings. The Morgan fingerprint density at radius 1 is 1.48 bits per heavy atom. The number of aromatic nitrogens is 1. The predicted molar refractivity (Wildman–Crippen MR) is 81.9 cm³/mol. The van der Waals surface area contributed by atoms with E-state index in [0.717, 1.165) is 6.07 Å². The zero-order valence-electron chi connectivity index (χ0n) is 12.6. The Morgan fingerprint density at radius 2 is 2.26 bits per heavy atom. The van der Waals surface area contributed by atoms with Crippen LogP contribution in [-0.2, 0) is 4.74 Å². The lowest BCUT2D eigenvalue weighted by Crippen LogP contribution is -2.33. The van der Waals surface area contributed by atoms with Crippen molar-refractivity contribution in [2.24, 2.45) is 0 Å². The van der Waals surface area contributed by atoms with Crippen LogP contribution in [0.1, 0.15) is 17.3 Å². The number of H-pyrrole nitrogens is 1. The van der Waals surface area contributed by atoms with Crippen LogP contribution >= 0.6 is 0 Å². The molecule has 7 heteroatoms. The number of hydrogen-bond donors (Lipinski definition) is 2. The molecule has 1 aromatic heterocycles. The number of fused-ring (bicyclic) bond motifs is 1. The van der Waals surface area contributed by atoms with E-state index in [1.54, 1.807) is 6.92 Å². The van der Waals surface area contributed by atoms with Crippen molar-refractivity contribution >= 4 is 16.8 Å². The summed E-state index contributed by atoms with van der Waals surface area (Å²) < 4.78 is 18.7. The van der Waals surface area contributed by atoms with Crippen LogP contribution in [0.2, 0.25) is 0 Å². The SMILES string of the molecule is CCO[C@@H]1CN(C(=O)c2c[nH]c3ccc(F)cc3c2=O)C[C@H]1O. The summed E-state index contributed by atoms with van der Waals surface area (Å²) in [4.78, 5) is 29.2. The fraction of sp³-hybridized carbons (Fsp3) is 0.375. The molecule has 1 aromatic carbocycles. The van der Waals surface area contributed by atoms with Crippen LogP contribution in [0.25, 0.3) is 10.9 Å². The van der Waals surface area contributed by atoms with Crippen molar-refractivity contribution in [1.29, 1.82) is 0 Å². The van der Waals surface area contributed by atoms with Crippen LogP contribution < -0.4 is 5.43 Å². The molecular formula is C16H17FN2O4. The molecule has 2 aromatic rings. The summed E-state index contributed by atoms with van der Waals surface area (Å²) in [6, 6.07) is 3.79. The Balaban J connectivity index is 1.93. The molecule has 0 bridgehead atoms. The number of aromatic amines is 1. The molecule has 122 valence electrons. The van der Waals surface area contributed by atoms with Crippen LogP contribution in [0, 0.1) is 5.82 Å². The molecule has 1 saturated heterocycles. The lowest BCUT2D eigenvalue weighted by atomic mass is 10.1. The van der Waals surface area contributed by atoms with Gasteiger partial charge in [0.2, 0.25) is 5.43 Å². The van der Waals surface area contributed by atoms with E-state index in [1.165, 1.54) is 23.2 Å². The standard InChI is InChI=1S/C16H17FN2O4/c1-2-23-14-8-19(7-13(14)20)16(22)11-6-18-12-4-3-9(17)5-10(12)15(11)21/h3-6,13-14,20H,2,7-8H2,1H3,(H,18,21)/t13-,14-/m1/s1. The minimum atomic E-state index is -0.782. The highest BCUT2D eigenvalue weighted by atomic mass is 19.1. The van der Waals surface area contributed by atoms with Gasteiger partial charge in [0.25, 0.3) is 5.91 Å². The number of aliphatic hydroxyl groups excluding tert-OH is 1. The summed E-state index contributed by atoms with van der Waals surface area (Å²) in [5, 5.41) is 10.0. The number of amides is 1. The first-order chi connectivity index (χ1) is 11.0. The second kappa shape index (κ2) is 6.10. The molecule has 23 heavy (non-hydrogen) atoms. The van der Waals surface area contributed by atoms with Gasteiger partial charge in [-0.2, -0.15) is 0 Å². The van der Waals surface area contributed by atoms with Crippen molar-refractivity contribution in [2.45, 2.75) is 19.1 Å². The summed E-state index contributed by atoms with van der Waals surface area (Å²) in [5.41, 5.74) is -0.147. The number of aliphatic hydroxyl groups is 1. The van der Waals surface area contributed by atoms with Gasteiger partial charge in [-0.3, -0.25) is 9.59 Å². The summed E-state index contributed by atoms with van der Waals surface area (Å²) in [5.74, 6) is -1.04. The van der Waals surface area contributed by atoms with Gasteiger partial charge in [0.1, 0.15) is 17.5 Å². The van der Waals surface area contributed by atoms with Crippen LogP contribution in [0.5, 0.6) is 0 Å². The Kier molecular flexibility index (Phi) is 4.14. The summed E-state index contributed by atoms with van der Waals surface area (Å²) >= 11 is 0. The van der Waals surface area contributed by atoms with Gasteiger partial charge >= 0.3 is 0 Å². The molecule has 3 rings (SSSR count). The number of β-amino-alcohol motifs (C(OH)–C–C–N with tert-alkyl or cyclic N) is 1. The van der Waals surface area contributed by atoms with Crippen LogP contribution in [0.15, 0.2) is 29.2 Å². The minimum Gasteiger partial charge on any atom is -0.388 e. The Labute approximate surface area is 131 Å². The van der Waals surface area contributed by atoms with E-state index in [9.17, 15) is 19.1 Å². The Morgan fingerprint density at radius 3 is 3.00 bits per heavy atom. The number of carbonyl (C=O) groups is 1. The minimum absolute atomic E-state index is 0.0764. The largest absolute Gasteiger partial charge is 0.388 e. The van der Waals surface area contributed by atoms with Crippen LogP contribution in [0.3, 0.4) is 0 Å². The second-order valence-corrected chi connectivity index (χ2v) is 5.49. The Bertz CT molecular complexity index is 804. The molecule has 2 atom stereocenters. The normalized spacial score (nSPS) is 21.1. The molecule has 0 radical (unpaired) electrons.